The molecule has 80 heavy (non-hydrogen) atoms. The van der Waals surface area contributed by atoms with E-state index in [9.17, 15) is 19.2 Å². The van der Waals surface area contributed by atoms with Crippen molar-refractivity contribution in [2.24, 2.45) is 23.7 Å². The molecule has 416 valence electrons. The second-order valence-electron chi connectivity index (χ2n) is 23.6. The fourth-order valence-corrected chi connectivity index (χ4v) is 14.5. The lowest BCUT2D eigenvalue weighted by molar-refractivity contribution is -0.139. The molecule has 6 aromatic rings. The topological polar surface area (TPSA) is 123 Å². The smallest absolute Gasteiger partial charge is 0.251 e. The molecule has 0 bridgehead atoms. The Balaban J connectivity index is 0.000000169. The molecule has 2 aliphatic carbocycles. The minimum absolute atomic E-state index is 0.0444. The summed E-state index contributed by atoms with van der Waals surface area (Å²) in [6.07, 6.45) is 16.2. The van der Waals surface area contributed by atoms with Gasteiger partial charge in [-0.15, -0.1) is 0 Å². The Kier molecular flexibility index (Phi) is 17.4. The molecule has 4 aliphatic heterocycles. The molecule has 10 nitrogen and oxygen atoms in total. The van der Waals surface area contributed by atoms with E-state index >= 15 is 0 Å². The van der Waals surface area contributed by atoms with Crippen molar-refractivity contribution in [2.75, 3.05) is 23.7 Å². The number of nitrogens with zero attached hydrogens (tertiary/aromatic N) is 2. The van der Waals surface area contributed by atoms with Crippen LogP contribution in [0, 0.1) is 23.7 Å². The maximum atomic E-state index is 14.4. The molecule has 10 heteroatoms. The van der Waals surface area contributed by atoms with Gasteiger partial charge in [0.1, 0.15) is 0 Å². The monoisotopic (exact) mass is 1070 g/mol. The number of hydrogen-bond acceptors (Lipinski definition) is 6. The zero-order valence-electron chi connectivity index (χ0n) is 47.0. The zero-order valence-corrected chi connectivity index (χ0v) is 47.0. The molecule has 0 aromatic heterocycles. The number of unbranched alkanes of at least 4 members (excludes halogenated alkanes) is 2. The summed E-state index contributed by atoms with van der Waals surface area (Å²) >= 11 is 0. The number of likely N-dealkylation sites (tertiary alicyclic amines) is 2. The van der Waals surface area contributed by atoms with Crippen molar-refractivity contribution in [3.63, 3.8) is 0 Å². The van der Waals surface area contributed by atoms with Gasteiger partial charge in [0.05, 0.1) is 36.0 Å². The number of carbonyl (C=O) groups is 4. The Morgan fingerprint density at radius 1 is 0.463 bits per heavy atom. The molecular weight excluding hydrogens is 989 g/mol. The summed E-state index contributed by atoms with van der Waals surface area (Å²) in [4.78, 5) is 59.4. The zero-order chi connectivity index (χ0) is 55.0. The largest absolute Gasteiger partial charge is 0.378 e. The van der Waals surface area contributed by atoms with Crippen molar-refractivity contribution < 1.29 is 19.2 Å². The minimum atomic E-state index is -0.183. The van der Waals surface area contributed by atoms with Gasteiger partial charge in [-0.1, -0.05) is 174 Å². The van der Waals surface area contributed by atoms with E-state index in [0.717, 1.165) is 102 Å². The van der Waals surface area contributed by atoms with Gasteiger partial charge in [0.25, 0.3) is 11.8 Å². The third-order valence-electron chi connectivity index (χ3n) is 18.6. The van der Waals surface area contributed by atoms with Gasteiger partial charge in [-0.25, -0.2) is 0 Å². The van der Waals surface area contributed by atoms with E-state index in [-0.39, 0.29) is 71.7 Å². The summed E-state index contributed by atoms with van der Waals surface area (Å²) in [6, 6.07) is 53.9. The van der Waals surface area contributed by atoms with Crippen LogP contribution in [0.1, 0.15) is 182 Å². The van der Waals surface area contributed by atoms with Crippen molar-refractivity contribution in [1.82, 2.24) is 20.4 Å². The van der Waals surface area contributed by atoms with Gasteiger partial charge in [-0.05, 0) is 134 Å². The van der Waals surface area contributed by atoms with Gasteiger partial charge in [-0.3, -0.25) is 19.2 Å². The molecule has 2 saturated carbocycles. The first-order chi connectivity index (χ1) is 39.3. The summed E-state index contributed by atoms with van der Waals surface area (Å²) in [5, 5.41) is 14.2. The van der Waals surface area contributed by atoms with Crippen LogP contribution in [0.3, 0.4) is 0 Å². The first-order valence-electron chi connectivity index (χ1n) is 30.5. The maximum Gasteiger partial charge on any atom is 0.251 e. The van der Waals surface area contributed by atoms with E-state index in [1.807, 2.05) is 60.7 Å². The second-order valence-corrected chi connectivity index (χ2v) is 23.6. The summed E-state index contributed by atoms with van der Waals surface area (Å²) in [6.45, 7) is 5.98. The van der Waals surface area contributed by atoms with Crippen molar-refractivity contribution in [3.8, 4) is 0 Å². The summed E-state index contributed by atoms with van der Waals surface area (Å²) in [5.74, 6) is 0.507. The molecule has 0 radical (unpaired) electrons. The van der Waals surface area contributed by atoms with Crippen molar-refractivity contribution in [3.05, 3.63) is 202 Å². The highest BCUT2D eigenvalue weighted by Gasteiger charge is 2.50. The highest BCUT2D eigenvalue weighted by atomic mass is 16.2. The molecule has 12 rings (SSSR count). The van der Waals surface area contributed by atoms with Gasteiger partial charge in [0.2, 0.25) is 11.8 Å². The van der Waals surface area contributed by atoms with Crippen LogP contribution in [0.4, 0.5) is 11.4 Å². The van der Waals surface area contributed by atoms with Crippen LogP contribution in [-0.2, 0) is 22.4 Å². The number of anilines is 2. The predicted octanol–water partition coefficient (Wildman–Crippen LogP) is 14.1. The van der Waals surface area contributed by atoms with Gasteiger partial charge in [0, 0.05) is 59.5 Å². The van der Waals surface area contributed by atoms with Gasteiger partial charge < -0.3 is 31.1 Å². The number of nitrogens with one attached hydrogen (secondary N) is 4. The second kappa shape index (κ2) is 25.5. The molecule has 6 aliphatic rings. The SMILES string of the molecule is CCCCc1ccc2c(c1)[C@@H]1[C@@H](CCN1C(=O)[C@H]1CCCC[C@H]1NC(=O)c1ccccc1)[C@@H](c1ccccc1)N2.CCCCc1ccc2c(c1)[C@H]1[C@H](CCN1C(=O)[C@H]1CCCC[C@H]1NC(=O)c1ccccc1)[C@H](c1ccccc1)N2. The third-order valence-corrected chi connectivity index (χ3v) is 18.6. The normalized spacial score (nSPS) is 25.4. The van der Waals surface area contributed by atoms with E-state index in [2.05, 4.69) is 142 Å². The fourth-order valence-electron chi connectivity index (χ4n) is 14.5. The Morgan fingerprint density at radius 2 is 0.838 bits per heavy atom. The number of rotatable bonds is 14. The predicted molar refractivity (Wildman–Crippen MR) is 320 cm³/mol. The molecule has 4 fully saturated rings. The number of amides is 4. The quantitative estimate of drug-likeness (QED) is 0.0862. The van der Waals surface area contributed by atoms with Crippen LogP contribution in [0.15, 0.2) is 158 Å². The van der Waals surface area contributed by atoms with E-state index < -0.39 is 0 Å². The van der Waals surface area contributed by atoms with Crippen LogP contribution in [-0.4, -0.2) is 58.6 Å². The highest BCUT2D eigenvalue weighted by molar-refractivity contribution is 5.95. The van der Waals surface area contributed by atoms with E-state index in [1.165, 1.54) is 59.1 Å². The van der Waals surface area contributed by atoms with E-state index in [0.29, 0.717) is 23.0 Å². The molecule has 4 amide bonds. The summed E-state index contributed by atoms with van der Waals surface area (Å²) in [7, 11) is 0. The van der Waals surface area contributed by atoms with Crippen LogP contribution in [0.25, 0.3) is 0 Å². The van der Waals surface area contributed by atoms with Crippen molar-refractivity contribution in [2.45, 2.75) is 153 Å². The highest BCUT2D eigenvalue weighted by Crippen LogP contribution is 2.54. The fraction of sp³-hybridized carbons (Fsp3) is 0.429. The molecule has 6 aromatic carbocycles. The van der Waals surface area contributed by atoms with E-state index in [1.54, 1.807) is 0 Å². The number of carbonyl (C=O) groups excluding carboxylic acids is 4. The Hall–Kier alpha value is -7.20. The third kappa shape index (κ3) is 11.8. The molecule has 2 saturated heterocycles. The average Bonchev–Trinajstić information content (AvgIpc) is 4.31. The van der Waals surface area contributed by atoms with Crippen molar-refractivity contribution >= 4 is 35.0 Å². The summed E-state index contributed by atoms with van der Waals surface area (Å²) in [5.41, 5.74) is 11.4. The van der Waals surface area contributed by atoms with Gasteiger partial charge in [0.15, 0.2) is 0 Å². The Bertz CT molecular complexity index is 2860. The molecule has 0 unspecified atom stereocenters. The molecule has 0 spiro atoms. The number of aryl methyl sites for hydroxylation is 2. The van der Waals surface area contributed by atoms with Crippen LogP contribution in [0.5, 0.6) is 0 Å². The number of fused-ring (bicyclic) bond motifs is 6. The number of benzene rings is 6. The summed E-state index contributed by atoms with van der Waals surface area (Å²) < 4.78 is 0. The number of hydrogen-bond donors (Lipinski definition) is 4. The Labute approximate surface area is 474 Å². The molecular formula is C70H82N6O4. The molecule has 4 N–H and O–H groups in total. The van der Waals surface area contributed by atoms with Crippen LogP contribution in [0.2, 0.25) is 0 Å². The lowest BCUT2D eigenvalue weighted by Gasteiger charge is -2.42. The average molecular weight is 1070 g/mol. The Morgan fingerprint density at radius 3 is 1.23 bits per heavy atom. The lowest BCUT2D eigenvalue weighted by atomic mass is 9.78. The molecule has 10 atom stereocenters. The first-order valence-corrected chi connectivity index (χ1v) is 30.5. The minimum Gasteiger partial charge on any atom is -0.378 e. The van der Waals surface area contributed by atoms with Gasteiger partial charge in [-0.2, -0.15) is 0 Å². The van der Waals surface area contributed by atoms with E-state index in [4.69, 9.17) is 0 Å². The first kappa shape index (κ1) is 54.7. The maximum absolute atomic E-state index is 14.4. The van der Waals surface area contributed by atoms with Crippen molar-refractivity contribution in [1.29, 1.82) is 0 Å². The lowest BCUT2D eigenvalue weighted by Crippen LogP contribution is -2.50. The van der Waals surface area contributed by atoms with Gasteiger partial charge >= 0.3 is 0 Å². The van der Waals surface area contributed by atoms with Crippen LogP contribution < -0.4 is 21.3 Å². The molecule has 4 heterocycles. The standard InChI is InChI=1S/2C35H41N3O2/c2*1-2-3-12-24-19-20-31-29(23-24)33-28(32(36-31)25-13-6-4-7-14-25)21-22-38(33)35(40)27-17-10-11-18-30(27)37-34(39)26-15-8-5-9-16-26/h2*4-9,13-16,19-20,23,27-28,30,32-33,36H,2-3,10-12,17-18,21-22H2,1H3,(H,37,39)/t27-,28+,30+,32-,33+;27-,28-,30+,32+,33-/m00/s1. The van der Waals surface area contributed by atoms with Crippen LogP contribution >= 0.6 is 0 Å².